The van der Waals surface area contributed by atoms with Gasteiger partial charge in [-0.2, -0.15) is 0 Å². The van der Waals surface area contributed by atoms with Crippen molar-refractivity contribution in [2.45, 2.75) is 0 Å². The van der Waals surface area contributed by atoms with E-state index in [1.807, 2.05) is 72.8 Å². The van der Waals surface area contributed by atoms with Crippen molar-refractivity contribution in [3.63, 3.8) is 0 Å². The average molecular weight is 491 g/mol. The van der Waals surface area contributed by atoms with Crippen LogP contribution in [0.2, 0.25) is 0 Å². The van der Waals surface area contributed by atoms with Crippen LogP contribution in [0, 0.1) is 0 Å². The van der Waals surface area contributed by atoms with Crippen LogP contribution in [-0.4, -0.2) is 0 Å². The van der Waals surface area contributed by atoms with Gasteiger partial charge in [-0.25, -0.2) is 0 Å². The summed E-state index contributed by atoms with van der Waals surface area (Å²) in [5.41, 5.74) is 6.50. The molecule has 0 aromatic heterocycles. The van der Waals surface area contributed by atoms with Crippen LogP contribution in [0.5, 0.6) is 23.0 Å². The van der Waals surface area contributed by atoms with Crippen LogP contribution in [-0.2, 0) is 0 Å². The predicted octanol–water partition coefficient (Wildman–Crippen LogP) is 10.3. The molecular formula is C36H26O2. The third kappa shape index (κ3) is 5.21. The van der Waals surface area contributed by atoms with Gasteiger partial charge in [-0.15, -0.1) is 0 Å². The molecule has 0 heterocycles. The highest BCUT2D eigenvalue weighted by molar-refractivity contribution is 5.82. The van der Waals surface area contributed by atoms with Crippen LogP contribution in [0.3, 0.4) is 0 Å². The largest absolute Gasteiger partial charge is 0.457 e. The number of hydrogen-bond acceptors (Lipinski definition) is 2. The zero-order valence-electron chi connectivity index (χ0n) is 20.8. The molecule has 2 nitrogen and oxygen atoms in total. The van der Waals surface area contributed by atoms with Crippen molar-refractivity contribution in [1.82, 2.24) is 0 Å². The Morgan fingerprint density at radius 1 is 0.289 bits per heavy atom. The van der Waals surface area contributed by atoms with E-state index in [9.17, 15) is 0 Å². The Labute approximate surface area is 223 Å². The van der Waals surface area contributed by atoms with Gasteiger partial charge in [-0.05, 0) is 70.8 Å². The fraction of sp³-hybridized carbons (Fsp3) is 0. The highest BCUT2D eigenvalue weighted by atomic mass is 16.5. The molecule has 0 N–H and O–H groups in total. The van der Waals surface area contributed by atoms with E-state index in [1.54, 1.807) is 0 Å². The number of ether oxygens (including phenoxy) is 2. The molecule has 0 spiro atoms. The van der Waals surface area contributed by atoms with Gasteiger partial charge >= 0.3 is 0 Å². The molecule has 38 heavy (non-hydrogen) atoms. The fourth-order valence-corrected chi connectivity index (χ4v) is 4.51. The number of rotatable bonds is 7. The van der Waals surface area contributed by atoms with Crippen molar-refractivity contribution >= 4 is 0 Å². The van der Waals surface area contributed by atoms with Crippen molar-refractivity contribution in [3.8, 4) is 56.4 Å². The summed E-state index contributed by atoms with van der Waals surface area (Å²) >= 11 is 0. The third-order valence-electron chi connectivity index (χ3n) is 6.40. The van der Waals surface area contributed by atoms with Gasteiger partial charge < -0.3 is 9.47 Å². The second-order valence-electron chi connectivity index (χ2n) is 8.98. The zero-order valence-corrected chi connectivity index (χ0v) is 20.8. The molecule has 0 fully saturated rings. The summed E-state index contributed by atoms with van der Waals surface area (Å²) in [5.74, 6) is 3.26. The molecule has 0 saturated heterocycles. The van der Waals surface area contributed by atoms with Gasteiger partial charge in [-0.1, -0.05) is 109 Å². The van der Waals surface area contributed by atoms with Crippen molar-refractivity contribution in [3.05, 3.63) is 158 Å². The van der Waals surface area contributed by atoms with Crippen LogP contribution in [0.1, 0.15) is 0 Å². The lowest BCUT2D eigenvalue weighted by Crippen LogP contribution is -1.92. The van der Waals surface area contributed by atoms with E-state index in [2.05, 4.69) is 84.9 Å². The summed E-state index contributed by atoms with van der Waals surface area (Å²) in [4.78, 5) is 0. The van der Waals surface area contributed by atoms with E-state index in [0.29, 0.717) is 0 Å². The van der Waals surface area contributed by atoms with Crippen LogP contribution < -0.4 is 9.47 Å². The molecular weight excluding hydrogens is 464 g/mol. The minimum atomic E-state index is 0.811. The topological polar surface area (TPSA) is 18.5 Å². The predicted molar refractivity (Wildman–Crippen MR) is 156 cm³/mol. The maximum absolute atomic E-state index is 6.31. The van der Waals surface area contributed by atoms with E-state index in [4.69, 9.17) is 9.47 Å². The van der Waals surface area contributed by atoms with Crippen molar-refractivity contribution in [2.24, 2.45) is 0 Å². The summed E-state index contributed by atoms with van der Waals surface area (Å²) in [6.45, 7) is 0. The minimum Gasteiger partial charge on any atom is -0.457 e. The van der Waals surface area contributed by atoms with E-state index in [1.165, 1.54) is 0 Å². The van der Waals surface area contributed by atoms with Crippen LogP contribution in [0.25, 0.3) is 33.4 Å². The molecule has 6 aromatic rings. The van der Waals surface area contributed by atoms with E-state index >= 15 is 0 Å². The first-order valence-corrected chi connectivity index (χ1v) is 12.7. The molecule has 2 heteroatoms. The summed E-state index contributed by atoms with van der Waals surface area (Å²) in [6.07, 6.45) is 0. The van der Waals surface area contributed by atoms with Gasteiger partial charge in [0.05, 0.1) is 0 Å². The van der Waals surface area contributed by atoms with Crippen LogP contribution in [0.4, 0.5) is 0 Å². The lowest BCUT2D eigenvalue weighted by molar-refractivity contribution is 0.484. The fourth-order valence-electron chi connectivity index (χ4n) is 4.51. The van der Waals surface area contributed by atoms with E-state index in [-0.39, 0.29) is 0 Å². The Morgan fingerprint density at radius 3 is 1.00 bits per heavy atom. The van der Waals surface area contributed by atoms with Gasteiger partial charge in [-0.3, -0.25) is 0 Å². The van der Waals surface area contributed by atoms with E-state index in [0.717, 1.165) is 56.4 Å². The molecule has 0 radical (unpaired) electrons. The first kappa shape index (κ1) is 23.3. The highest BCUT2D eigenvalue weighted by Gasteiger charge is 2.13. The standard InChI is InChI=1S/C36H26O2/c1-5-13-27(14-6-1)33-25-29(21-23-35(33)37-31-17-9-3-10-18-31)30-22-24-36(38-32-19-11-4-12-20-32)34(26-30)28-15-7-2-8-16-28/h1-26H. The summed E-state index contributed by atoms with van der Waals surface area (Å²) in [5, 5.41) is 0. The normalized spacial score (nSPS) is 10.6. The van der Waals surface area contributed by atoms with Crippen LogP contribution in [0.15, 0.2) is 158 Å². The average Bonchev–Trinajstić information content (AvgIpc) is 2.99. The maximum atomic E-state index is 6.31. The Kier molecular flexibility index (Phi) is 6.69. The highest BCUT2D eigenvalue weighted by Crippen LogP contribution is 2.40. The van der Waals surface area contributed by atoms with E-state index < -0.39 is 0 Å². The lowest BCUT2D eigenvalue weighted by Gasteiger charge is -2.16. The zero-order chi connectivity index (χ0) is 25.6. The monoisotopic (exact) mass is 490 g/mol. The minimum absolute atomic E-state index is 0.811. The second-order valence-corrected chi connectivity index (χ2v) is 8.98. The molecule has 6 aromatic carbocycles. The molecule has 0 bridgehead atoms. The lowest BCUT2D eigenvalue weighted by atomic mass is 9.95. The molecule has 0 atom stereocenters. The molecule has 0 aliphatic heterocycles. The Bertz CT molecular complexity index is 1500. The molecule has 0 unspecified atom stereocenters. The van der Waals surface area contributed by atoms with Crippen molar-refractivity contribution in [1.29, 1.82) is 0 Å². The summed E-state index contributed by atoms with van der Waals surface area (Å²) in [6, 6.07) is 53.3. The smallest absolute Gasteiger partial charge is 0.135 e. The quantitative estimate of drug-likeness (QED) is 0.222. The maximum Gasteiger partial charge on any atom is 0.135 e. The first-order chi connectivity index (χ1) is 18.8. The molecule has 6 rings (SSSR count). The van der Waals surface area contributed by atoms with Crippen molar-refractivity contribution < 1.29 is 9.47 Å². The van der Waals surface area contributed by atoms with Crippen molar-refractivity contribution in [2.75, 3.05) is 0 Å². The molecule has 0 aliphatic rings. The molecule has 182 valence electrons. The Morgan fingerprint density at radius 2 is 0.632 bits per heavy atom. The number of para-hydroxylation sites is 2. The molecule has 0 aliphatic carbocycles. The summed E-state index contributed by atoms with van der Waals surface area (Å²) < 4.78 is 12.6. The number of benzene rings is 6. The molecule has 0 amide bonds. The van der Waals surface area contributed by atoms with Gasteiger partial charge in [0.1, 0.15) is 23.0 Å². The Balaban J connectivity index is 1.44. The summed E-state index contributed by atoms with van der Waals surface area (Å²) in [7, 11) is 0. The third-order valence-corrected chi connectivity index (χ3v) is 6.40. The van der Waals surface area contributed by atoms with Crippen LogP contribution >= 0.6 is 0 Å². The first-order valence-electron chi connectivity index (χ1n) is 12.7. The van der Waals surface area contributed by atoms with Gasteiger partial charge in [0.25, 0.3) is 0 Å². The van der Waals surface area contributed by atoms with Gasteiger partial charge in [0, 0.05) is 11.1 Å². The number of hydrogen-bond donors (Lipinski definition) is 0. The van der Waals surface area contributed by atoms with Gasteiger partial charge in [0.15, 0.2) is 0 Å². The SMILES string of the molecule is c1ccc(Oc2ccc(-c3ccc(Oc4ccccc4)c(-c4ccccc4)c3)cc2-c2ccccc2)cc1. The Hall–Kier alpha value is -5.08. The second kappa shape index (κ2) is 10.9. The molecule has 0 saturated carbocycles. The van der Waals surface area contributed by atoms with Gasteiger partial charge in [0.2, 0.25) is 0 Å².